The number of hydrogen-bond acceptors (Lipinski definition) is 3. The van der Waals surface area contributed by atoms with Crippen LogP contribution in [-0.4, -0.2) is 31.1 Å². The molecular weight excluding hydrogens is 375 g/mol. The number of hydrogen-bond donors (Lipinski definition) is 0. The highest BCUT2D eigenvalue weighted by molar-refractivity contribution is 6.37. The van der Waals surface area contributed by atoms with Crippen LogP contribution in [0, 0.1) is 0 Å². The third kappa shape index (κ3) is 5.76. The summed E-state index contributed by atoms with van der Waals surface area (Å²) < 4.78 is 33.9. The summed E-state index contributed by atoms with van der Waals surface area (Å²) >= 11 is 11.9. The number of rotatable bonds is 7. The first-order chi connectivity index (χ1) is 11.9. The molecular formula is C17H15Cl2F2NO3. The quantitative estimate of drug-likeness (QED) is 0.692. The van der Waals surface area contributed by atoms with Crippen LogP contribution in [0.25, 0.3) is 0 Å². The largest absolute Gasteiger partial charge is 0.481 e. The fourth-order valence-electron chi connectivity index (χ4n) is 2.00. The number of nitrogens with zero attached hydrogens (tertiary/aromatic N) is 1. The molecule has 0 aliphatic heterocycles. The number of likely N-dealkylation sites (N-methyl/N-ethyl adjacent to an activating group) is 1. The van der Waals surface area contributed by atoms with Crippen LogP contribution in [0.4, 0.5) is 8.78 Å². The van der Waals surface area contributed by atoms with Gasteiger partial charge in [0.1, 0.15) is 5.75 Å². The Balaban J connectivity index is 1.89. The van der Waals surface area contributed by atoms with Crippen molar-refractivity contribution in [1.29, 1.82) is 0 Å². The first kappa shape index (κ1) is 19.3. The second-order valence-electron chi connectivity index (χ2n) is 5.11. The van der Waals surface area contributed by atoms with Crippen LogP contribution < -0.4 is 9.47 Å². The molecule has 25 heavy (non-hydrogen) atoms. The van der Waals surface area contributed by atoms with E-state index in [1.807, 2.05) is 0 Å². The summed E-state index contributed by atoms with van der Waals surface area (Å²) in [5.74, 6) is 0.0226. The summed E-state index contributed by atoms with van der Waals surface area (Å²) in [5.41, 5.74) is 0.758. The van der Waals surface area contributed by atoms with E-state index in [4.69, 9.17) is 27.9 Å². The molecule has 0 aromatic heterocycles. The Bertz CT molecular complexity index is 706. The van der Waals surface area contributed by atoms with Crippen LogP contribution in [-0.2, 0) is 11.3 Å². The Morgan fingerprint density at radius 1 is 1.12 bits per heavy atom. The molecule has 0 saturated heterocycles. The van der Waals surface area contributed by atoms with Gasteiger partial charge in [-0.2, -0.15) is 8.78 Å². The average Bonchev–Trinajstić information content (AvgIpc) is 2.55. The van der Waals surface area contributed by atoms with Gasteiger partial charge in [0.2, 0.25) is 0 Å². The first-order valence-corrected chi connectivity index (χ1v) is 7.97. The highest BCUT2D eigenvalue weighted by atomic mass is 35.5. The van der Waals surface area contributed by atoms with Crippen molar-refractivity contribution in [1.82, 2.24) is 4.90 Å². The lowest BCUT2D eigenvalue weighted by Gasteiger charge is -2.18. The SMILES string of the molecule is CN(Cc1ccc(OC(F)F)cc1)C(=O)COc1c(Cl)cccc1Cl. The summed E-state index contributed by atoms with van der Waals surface area (Å²) in [6.45, 7) is -2.82. The summed E-state index contributed by atoms with van der Waals surface area (Å²) in [5, 5.41) is 0.634. The molecule has 0 bridgehead atoms. The van der Waals surface area contributed by atoms with Gasteiger partial charge in [-0.3, -0.25) is 4.79 Å². The van der Waals surface area contributed by atoms with Crippen LogP contribution in [0.3, 0.4) is 0 Å². The number of carbonyl (C=O) groups is 1. The maximum Gasteiger partial charge on any atom is 0.387 e. The van der Waals surface area contributed by atoms with Gasteiger partial charge in [-0.25, -0.2) is 0 Å². The molecule has 0 heterocycles. The van der Waals surface area contributed by atoms with Gasteiger partial charge in [0.05, 0.1) is 10.0 Å². The monoisotopic (exact) mass is 389 g/mol. The molecule has 0 aliphatic rings. The molecule has 2 aromatic rings. The second kappa shape index (κ2) is 8.87. The number of para-hydroxylation sites is 1. The number of carbonyl (C=O) groups excluding carboxylic acids is 1. The number of alkyl halides is 2. The van der Waals surface area contributed by atoms with E-state index in [0.717, 1.165) is 5.56 Å². The van der Waals surface area contributed by atoms with Gasteiger partial charge in [-0.1, -0.05) is 41.4 Å². The number of amides is 1. The molecule has 0 saturated carbocycles. The third-order valence-electron chi connectivity index (χ3n) is 3.25. The van der Waals surface area contributed by atoms with Crippen molar-refractivity contribution < 1.29 is 23.0 Å². The van der Waals surface area contributed by atoms with Crippen LogP contribution in [0.1, 0.15) is 5.56 Å². The van der Waals surface area contributed by atoms with Crippen LogP contribution >= 0.6 is 23.2 Å². The summed E-state index contributed by atoms with van der Waals surface area (Å²) in [4.78, 5) is 13.6. The zero-order chi connectivity index (χ0) is 18.4. The van der Waals surface area contributed by atoms with Crippen molar-refractivity contribution in [3.8, 4) is 11.5 Å². The Morgan fingerprint density at radius 3 is 2.28 bits per heavy atom. The van der Waals surface area contributed by atoms with Gasteiger partial charge >= 0.3 is 6.61 Å². The second-order valence-corrected chi connectivity index (χ2v) is 5.93. The van der Waals surface area contributed by atoms with E-state index >= 15 is 0 Å². The topological polar surface area (TPSA) is 38.8 Å². The number of halogens is 4. The molecule has 0 spiro atoms. The lowest BCUT2D eigenvalue weighted by atomic mass is 10.2. The lowest BCUT2D eigenvalue weighted by molar-refractivity contribution is -0.132. The molecule has 0 aliphatic carbocycles. The Hall–Kier alpha value is -2.05. The molecule has 134 valence electrons. The highest BCUT2D eigenvalue weighted by Crippen LogP contribution is 2.32. The van der Waals surface area contributed by atoms with Gasteiger partial charge in [0.15, 0.2) is 12.4 Å². The van der Waals surface area contributed by atoms with Crippen molar-refractivity contribution in [2.45, 2.75) is 13.2 Å². The molecule has 8 heteroatoms. The fourth-order valence-corrected chi connectivity index (χ4v) is 2.51. The fraction of sp³-hybridized carbons (Fsp3) is 0.235. The zero-order valence-electron chi connectivity index (χ0n) is 13.2. The molecule has 0 fully saturated rings. The van der Waals surface area contributed by atoms with Gasteiger partial charge < -0.3 is 14.4 Å². The molecule has 2 rings (SSSR count). The van der Waals surface area contributed by atoms with E-state index in [2.05, 4.69) is 4.74 Å². The maximum absolute atomic E-state index is 12.1. The third-order valence-corrected chi connectivity index (χ3v) is 3.85. The minimum absolute atomic E-state index is 0.0597. The zero-order valence-corrected chi connectivity index (χ0v) is 14.7. The lowest BCUT2D eigenvalue weighted by Crippen LogP contribution is -2.31. The van der Waals surface area contributed by atoms with Crippen molar-refractivity contribution >= 4 is 29.1 Å². The standard InChI is InChI=1S/C17H15Cl2F2NO3/c1-22(9-11-5-7-12(8-6-11)25-17(20)21)15(23)10-24-16-13(18)3-2-4-14(16)19/h2-8,17H,9-10H2,1H3. The predicted molar refractivity (Wildman–Crippen MR) is 91.5 cm³/mol. The van der Waals surface area contributed by atoms with Crippen molar-refractivity contribution in [2.75, 3.05) is 13.7 Å². The van der Waals surface area contributed by atoms with E-state index in [-0.39, 0.29) is 30.6 Å². The normalized spacial score (nSPS) is 10.6. The minimum Gasteiger partial charge on any atom is -0.481 e. The predicted octanol–water partition coefficient (Wildman–Crippen LogP) is 4.63. The van der Waals surface area contributed by atoms with E-state index in [0.29, 0.717) is 10.0 Å². The van der Waals surface area contributed by atoms with Crippen LogP contribution in [0.5, 0.6) is 11.5 Å². The molecule has 0 N–H and O–H groups in total. The van der Waals surface area contributed by atoms with Crippen LogP contribution in [0.15, 0.2) is 42.5 Å². The van der Waals surface area contributed by atoms with Gasteiger partial charge in [-0.05, 0) is 29.8 Å². The van der Waals surface area contributed by atoms with E-state index in [1.54, 1.807) is 37.4 Å². The van der Waals surface area contributed by atoms with Crippen molar-refractivity contribution in [2.24, 2.45) is 0 Å². The van der Waals surface area contributed by atoms with Crippen molar-refractivity contribution in [3.63, 3.8) is 0 Å². The summed E-state index contributed by atoms with van der Waals surface area (Å²) in [6.07, 6.45) is 0. The average molecular weight is 390 g/mol. The number of ether oxygens (including phenoxy) is 2. The van der Waals surface area contributed by atoms with E-state index in [9.17, 15) is 13.6 Å². The Kier molecular flexibility index (Phi) is 6.84. The van der Waals surface area contributed by atoms with Gasteiger partial charge in [-0.15, -0.1) is 0 Å². The summed E-state index contributed by atoms with van der Waals surface area (Å²) in [7, 11) is 1.60. The Labute approximate surface area is 153 Å². The van der Waals surface area contributed by atoms with Crippen LogP contribution in [0.2, 0.25) is 10.0 Å². The molecule has 1 amide bonds. The maximum atomic E-state index is 12.1. The molecule has 0 unspecified atom stereocenters. The van der Waals surface area contributed by atoms with Gasteiger partial charge in [0, 0.05) is 13.6 Å². The number of benzene rings is 2. The highest BCUT2D eigenvalue weighted by Gasteiger charge is 2.13. The summed E-state index contributed by atoms with van der Waals surface area (Å²) in [6, 6.07) is 10.9. The smallest absolute Gasteiger partial charge is 0.387 e. The molecule has 0 atom stereocenters. The molecule has 0 radical (unpaired) electrons. The Morgan fingerprint density at radius 2 is 1.72 bits per heavy atom. The van der Waals surface area contributed by atoms with E-state index < -0.39 is 6.61 Å². The van der Waals surface area contributed by atoms with E-state index in [1.165, 1.54) is 17.0 Å². The molecule has 2 aromatic carbocycles. The van der Waals surface area contributed by atoms with Gasteiger partial charge in [0.25, 0.3) is 5.91 Å². The van der Waals surface area contributed by atoms with Crippen molar-refractivity contribution in [3.05, 3.63) is 58.1 Å². The first-order valence-electron chi connectivity index (χ1n) is 7.21. The minimum atomic E-state index is -2.87. The molecule has 4 nitrogen and oxygen atoms in total.